The fourth-order valence-electron chi connectivity index (χ4n) is 4.11. The summed E-state index contributed by atoms with van der Waals surface area (Å²) in [7, 11) is 0. The molecule has 182 valence electrons. The molecule has 0 radical (unpaired) electrons. The fraction of sp³-hybridized carbons (Fsp3) is 0.286. The monoisotopic (exact) mass is 492 g/mol. The number of ether oxygens (including phenoxy) is 1. The number of carbonyl (C=O) groups excluding carboxylic acids is 1. The first-order valence-electron chi connectivity index (χ1n) is 11.7. The van der Waals surface area contributed by atoms with Crippen LogP contribution in [-0.4, -0.2) is 36.0 Å². The Morgan fingerprint density at radius 3 is 2.63 bits per heavy atom. The molecule has 1 aliphatic rings. The molecule has 0 bridgehead atoms. The van der Waals surface area contributed by atoms with Crippen LogP contribution >= 0.6 is 11.6 Å². The van der Waals surface area contributed by atoms with E-state index in [0.717, 1.165) is 28.0 Å². The summed E-state index contributed by atoms with van der Waals surface area (Å²) in [6.07, 6.45) is 0.211. The van der Waals surface area contributed by atoms with Gasteiger partial charge in [0.05, 0.1) is 18.4 Å². The molecule has 1 unspecified atom stereocenters. The Bertz CT molecular complexity index is 1150. The summed E-state index contributed by atoms with van der Waals surface area (Å²) in [5, 5.41) is 17.7. The first kappa shape index (κ1) is 24.9. The third-order valence-corrected chi connectivity index (χ3v) is 6.21. The largest absolute Gasteiger partial charge is 0.394 e. The number of rotatable bonds is 10. The molecule has 1 heterocycles. The number of nitrogens with one attached hydrogen (secondary N) is 1. The van der Waals surface area contributed by atoms with Crippen LogP contribution in [0.5, 0.6) is 0 Å². The maximum atomic E-state index is 13.0. The average Bonchev–Trinajstić information content (AvgIpc) is 3.38. The summed E-state index contributed by atoms with van der Waals surface area (Å²) in [5.41, 5.74) is 4.62. The van der Waals surface area contributed by atoms with E-state index in [4.69, 9.17) is 21.2 Å². The van der Waals surface area contributed by atoms with E-state index in [2.05, 4.69) is 10.5 Å². The molecule has 0 fully saturated rings. The van der Waals surface area contributed by atoms with Crippen LogP contribution in [0.2, 0.25) is 5.02 Å². The second kappa shape index (κ2) is 12.0. The van der Waals surface area contributed by atoms with Gasteiger partial charge in [0.2, 0.25) is 5.91 Å². The summed E-state index contributed by atoms with van der Waals surface area (Å²) < 4.78 is 5.78. The van der Waals surface area contributed by atoms with Crippen LogP contribution in [0.4, 0.5) is 0 Å². The van der Waals surface area contributed by atoms with Gasteiger partial charge in [0, 0.05) is 24.5 Å². The number of aliphatic hydroxyl groups is 1. The Hall–Kier alpha value is -3.19. The molecule has 4 rings (SSSR count). The molecule has 2 N–H and O–H groups in total. The molecule has 35 heavy (non-hydrogen) atoms. The SMILES string of the molecule is CCO[C@H](Cc1cccc(C2=NOC(c3ccc(Cl)cc3)C2)c1)C(=O)N[C@@H](CO)c1ccccc1. The number of halogens is 1. The second-order valence-electron chi connectivity index (χ2n) is 8.39. The minimum absolute atomic E-state index is 0.152. The number of benzene rings is 3. The van der Waals surface area contributed by atoms with Crippen LogP contribution < -0.4 is 5.32 Å². The zero-order valence-electron chi connectivity index (χ0n) is 19.6. The van der Waals surface area contributed by atoms with Crippen LogP contribution in [0.25, 0.3) is 0 Å². The lowest BCUT2D eigenvalue weighted by molar-refractivity contribution is -0.133. The lowest BCUT2D eigenvalue weighted by Gasteiger charge is -2.22. The molecule has 3 atom stereocenters. The number of nitrogens with zero attached hydrogens (tertiary/aromatic N) is 1. The van der Waals surface area contributed by atoms with E-state index < -0.39 is 12.1 Å². The molecule has 3 aromatic carbocycles. The summed E-state index contributed by atoms with van der Waals surface area (Å²) in [6, 6.07) is 24.4. The maximum absolute atomic E-state index is 13.0. The number of hydrogen-bond acceptors (Lipinski definition) is 5. The van der Waals surface area contributed by atoms with Gasteiger partial charge in [-0.05, 0) is 47.4 Å². The van der Waals surface area contributed by atoms with E-state index in [-0.39, 0.29) is 18.6 Å². The van der Waals surface area contributed by atoms with Gasteiger partial charge in [-0.2, -0.15) is 0 Å². The minimum Gasteiger partial charge on any atom is -0.394 e. The highest BCUT2D eigenvalue weighted by Crippen LogP contribution is 2.30. The predicted octanol–water partition coefficient (Wildman–Crippen LogP) is 5.00. The van der Waals surface area contributed by atoms with Gasteiger partial charge in [0.15, 0.2) is 6.10 Å². The van der Waals surface area contributed by atoms with Gasteiger partial charge >= 0.3 is 0 Å². The summed E-state index contributed by atoms with van der Waals surface area (Å²) in [6.45, 7) is 2.06. The molecule has 1 amide bonds. The van der Waals surface area contributed by atoms with E-state index in [1.165, 1.54) is 0 Å². The molecule has 1 aliphatic heterocycles. The topological polar surface area (TPSA) is 80.2 Å². The lowest BCUT2D eigenvalue weighted by atomic mass is 9.97. The van der Waals surface area contributed by atoms with Crippen molar-refractivity contribution < 1.29 is 19.5 Å². The fourth-order valence-corrected chi connectivity index (χ4v) is 4.23. The Morgan fingerprint density at radius 2 is 1.91 bits per heavy atom. The van der Waals surface area contributed by atoms with Gasteiger partial charge in [-0.1, -0.05) is 77.4 Å². The predicted molar refractivity (Wildman–Crippen MR) is 136 cm³/mol. The highest BCUT2D eigenvalue weighted by molar-refractivity contribution is 6.30. The van der Waals surface area contributed by atoms with Crippen molar-refractivity contribution in [1.29, 1.82) is 0 Å². The summed E-state index contributed by atoms with van der Waals surface area (Å²) in [5.74, 6) is -0.260. The number of carbonyl (C=O) groups is 1. The molecule has 7 heteroatoms. The van der Waals surface area contributed by atoms with Gasteiger partial charge in [0.25, 0.3) is 0 Å². The number of aliphatic hydroxyl groups excluding tert-OH is 1. The van der Waals surface area contributed by atoms with Gasteiger partial charge in [-0.25, -0.2) is 0 Å². The Morgan fingerprint density at radius 1 is 1.14 bits per heavy atom. The quantitative estimate of drug-likeness (QED) is 0.417. The average molecular weight is 493 g/mol. The van der Waals surface area contributed by atoms with Crippen molar-refractivity contribution in [2.75, 3.05) is 13.2 Å². The van der Waals surface area contributed by atoms with Gasteiger partial charge in [0.1, 0.15) is 6.10 Å². The summed E-state index contributed by atoms with van der Waals surface area (Å²) in [4.78, 5) is 18.7. The Kier molecular flexibility index (Phi) is 8.53. The molecule has 0 aromatic heterocycles. The van der Waals surface area contributed by atoms with Crippen molar-refractivity contribution >= 4 is 23.2 Å². The van der Waals surface area contributed by atoms with Crippen LogP contribution in [0, 0.1) is 0 Å². The molecule has 0 spiro atoms. The van der Waals surface area contributed by atoms with Crippen molar-refractivity contribution in [3.05, 3.63) is 106 Å². The molecule has 3 aromatic rings. The molecular weight excluding hydrogens is 464 g/mol. The highest BCUT2D eigenvalue weighted by atomic mass is 35.5. The number of amides is 1. The van der Waals surface area contributed by atoms with E-state index in [1.807, 2.05) is 85.8 Å². The maximum Gasteiger partial charge on any atom is 0.250 e. The van der Waals surface area contributed by atoms with E-state index >= 15 is 0 Å². The van der Waals surface area contributed by atoms with Crippen molar-refractivity contribution in [2.24, 2.45) is 5.16 Å². The van der Waals surface area contributed by atoms with Gasteiger partial charge < -0.3 is 20.0 Å². The zero-order chi connectivity index (χ0) is 24.6. The second-order valence-corrected chi connectivity index (χ2v) is 8.83. The molecule has 6 nitrogen and oxygen atoms in total. The molecule has 0 saturated heterocycles. The molecule has 0 saturated carbocycles. The van der Waals surface area contributed by atoms with Crippen molar-refractivity contribution in [2.45, 2.75) is 38.0 Å². The standard InChI is InChI=1S/C28H29ClN2O4/c1-2-34-27(28(33)30-25(18-32)20-8-4-3-5-9-20)16-19-7-6-10-22(15-19)24-17-26(35-31-24)21-11-13-23(29)14-12-21/h3-15,25-27,32H,2,16-18H2,1H3,(H,30,33)/t25-,26?,27+/m0/s1. The van der Waals surface area contributed by atoms with E-state index in [0.29, 0.717) is 24.5 Å². The van der Waals surface area contributed by atoms with E-state index in [9.17, 15) is 9.90 Å². The van der Waals surface area contributed by atoms with Crippen LogP contribution in [-0.2, 0) is 20.8 Å². The third-order valence-electron chi connectivity index (χ3n) is 5.95. The minimum atomic E-state index is -0.684. The number of oxime groups is 1. The Labute approximate surface area is 210 Å². The zero-order valence-corrected chi connectivity index (χ0v) is 20.3. The van der Waals surface area contributed by atoms with Crippen molar-refractivity contribution in [3.63, 3.8) is 0 Å². The van der Waals surface area contributed by atoms with Gasteiger partial charge in [-0.15, -0.1) is 0 Å². The van der Waals surface area contributed by atoms with Gasteiger partial charge in [-0.3, -0.25) is 4.79 Å². The smallest absolute Gasteiger partial charge is 0.250 e. The molecular formula is C28H29ClN2O4. The van der Waals surface area contributed by atoms with Crippen LogP contribution in [0.3, 0.4) is 0 Å². The first-order valence-corrected chi connectivity index (χ1v) is 12.1. The molecule has 0 aliphatic carbocycles. The number of hydrogen-bond donors (Lipinski definition) is 2. The first-order chi connectivity index (χ1) is 17.1. The van der Waals surface area contributed by atoms with Crippen molar-refractivity contribution in [1.82, 2.24) is 5.32 Å². The lowest BCUT2D eigenvalue weighted by Crippen LogP contribution is -2.41. The Balaban J connectivity index is 1.43. The highest BCUT2D eigenvalue weighted by Gasteiger charge is 2.26. The third kappa shape index (κ3) is 6.48. The summed E-state index contributed by atoms with van der Waals surface area (Å²) >= 11 is 5.99. The van der Waals surface area contributed by atoms with Crippen molar-refractivity contribution in [3.8, 4) is 0 Å². The van der Waals surface area contributed by atoms with Crippen LogP contribution in [0.15, 0.2) is 84.0 Å². The normalized spacial score (nSPS) is 16.8. The van der Waals surface area contributed by atoms with Crippen LogP contribution in [0.1, 0.15) is 47.7 Å². The van der Waals surface area contributed by atoms with E-state index in [1.54, 1.807) is 0 Å².